The van der Waals surface area contributed by atoms with Crippen molar-refractivity contribution in [3.63, 3.8) is 0 Å². The van der Waals surface area contributed by atoms with Crippen molar-refractivity contribution < 1.29 is 4.74 Å². The zero-order valence-corrected chi connectivity index (χ0v) is 25.8. The molecule has 0 aliphatic carbocycles. The van der Waals surface area contributed by atoms with Gasteiger partial charge in [0.2, 0.25) is 0 Å². The van der Waals surface area contributed by atoms with Crippen molar-refractivity contribution in [2.45, 2.75) is 26.2 Å². The molecule has 6 heteroatoms. The molecular formula is C40H31N5O. The van der Waals surface area contributed by atoms with Crippen molar-refractivity contribution >= 4 is 32.8 Å². The maximum atomic E-state index is 6.66. The number of aromatic nitrogens is 5. The predicted molar refractivity (Wildman–Crippen MR) is 186 cm³/mol. The second-order valence-corrected chi connectivity index (χ2v) is 12.5. The van der Waals surface area contributed by atoms with Crippen LogP contribution in [0, 0.1) is 0 Å². The fraction of sp³-hybridized carbons (Fsp3) is 0.100. The van der Waals surface area contributed by atoms with Crippen LogP contribution in [0.1, 0.15) is 26.3 Å². The van der Waals surface area contributed by atoms with E-state index in [1.807, 2.05) is 67.0 Å². The summed E-state index contributed by atoms with van der Waals surface area (Å²) in [5.74, 6) is 2.25. The van der Waals surface area contributed by atoms with Crippen LogP contribution >= 0.6 is 0 Å². The molecule has 4 aromatic carbocycles. The van der Waals surface area contributed by atoms with Crippen molar-refractivity contribution in [2.75, 3.05) is 0 Å². The van der Waals surface area contributed by atoms with Crippen LogP contribution in [-0.4, -0.2) is 24.7 Å². The smallest absolute Gasteiger partial charge is 0.146 e. The van der Waals surface area contributed by atoms with Crippen LogP contribution in [0.15, 0.2) is 134 Å². The quantitative estimate of drug-likeness (QED) is 0.198. The van der Waals surface area contributed by atoms with E-state index in [2.05, 4.69) is 102 Å². The van der Waals surface area contributed by atoms with E-state index in [1.165, 1.54) is 5.56 Å². The number of benzene rings is 4. The first-order valence-corrected chi connectivity index (χ1v) is 15.4. The molecule has 8 aromatic rings. The molecule has 0 aliphatic heterocycles. The van der Waals surface area contributed by atoms with Crippen molar-refractivity contribution in [1.82, 2.24) is 24.7 Å². The van der Waals surface area contributed by atoms with E-state index in [-0.39, 0.29) is 5.41 Å². The maximum absolute atomic E-state index is 6.66. The molecule has 4 heterocycles. The fourth-order valence-corrected chi connectivity index (χ4v) is 5.99. The lowest BCUT2D eigenvalue weighted by molar-refractivity contribution is 0.483. The molecule has 0 atom stereocenters. The van der Waals surface area contributed by atoms with E-state index < -0.39 is 0 Å². The van der Waals surface area contributed by atoms with Gasteiger partial charge in [-0.15, -0.1) is 10.2 Å². The Morgan fingerprint density at radius 3 is 2.28 bits per heavy atom. The van der Waals surface area contributed by atoms with E-state index in [0.717, 1.165) is 61.0 Å². The molecule has 6 nitrogen and oxygen atoms in total. The Morgan fingerprint density at radius 1 is 0.587 bits per heavy atom. The van der Waals surface area contributed by atoms with Gasteiger partial charge in [-0.3, -0.25) is 4.57 Å². The van der Waals surface area contributed by atoms with E-state index >= 15 is 0 Å². The van der Waals surface area contributed by atoms with E-state index in [9.17, 15) is 0 Å². The summed E-state index contributed by atoms with van der Waals surface area (Å²) in [6, 6.07) is 41.2. The zero-order chi connectivity index (χ0) is 31.3. The predicted octanol–water partition coefficient (Wildman–Crippen LogP) is 9.94. The molecule has 4 aromatic heterocycles. The first-order chi connectivity index (χ1) is 22.4. The van der Waals surface area contributed by atoms with E-state index in [0.29, 0.717) is 11.5 Å². The average molecular weight is 598 g/mol. The first-order valence-electron chi connectivity index (χ1n) is 15.4. The Balaban J connectivity index is 1.27. The van der Waals surface area contributed by atoms with Crippen LogP contribution in [0.25, 0.3) is 61.0 Å². The first kappa shape index (κ1) is 27.7. The summed E-state index contributed by atoms with van der Waals surface area (Å²) in [6.07, 6.45) is 3.71. The molecule has 46 heavy (non-hydrogen) atoms. The number of rotatable bonds is 5. The van der Waals surface area contributed by atoms with Gasteiger partial charge < -0.3 is 4.74 Å². The molecule has 0 aliphatic rings. The molecule has 0 fully saturated rings. The highest BCUT2D eigenvalue weighted by atomic mass is 16.5. The second kappa shape index (κ2) is 10.9. The summed E-state index contributed by atoms with van der Waals surface area (Å²) in [7, 11) is 0. The SMILES string of the molecule is CC(C)(C)c1ccnc(-n2c3cc(Oc4cc(-c5ccccc5)cc(-c5cc6ccccc6nn5)c4)ccc3c3cccnc32)c1. The van der Waals surface area contributed by atoms with Crippen LogP contribution in [0.4, 0.5) is 0 Å². The summed E-state index contributed by atoms with van der Waals surface area (Å²) in [5, 5.41) is 12.2. The van der Waals surface area contributed by atoms with Gasteiger partial charge in [-0.2, -0.15) is 0 Å². The molecule has 0 saturated carbocycles. The highest BCUT2D eigenvalue weighted by molar-refractivity contribution is 6.08. The van der Waals surface area contributed by atoms with Gasteiger partial charge in [-0.1, -0.05) is 69.3 Å². The summed E-state index contributed by atoms with van der Waals surface area (Å²) in [6.45, 7) is 6.64. The summed E-state index contributed by atoms with van der Waals surface area (Å²) in [4.78, 5) is 9.57. The average Bonchev–Trinajstić information content (AvgIpc) is 3.41. The molecule has 0 N–H and O–H groups in total. The lowest BCUT2D eigenvalue weighted by Gasteiger charge is -2.19. The number of ether oxygens (including phenoxy) is 1. The zero-order valence-electron chi connectivity index (χ0n) is 25.8. The van der Waals surface area contributed by atoms with Gasteiger partial charge in [0.15, 0.2) is 0 Å². The molecule has 0 radical (unpaired) electrons. The van der Waals surface area contributed by atoms with Crippen molar-refractivity contribution in [1.29, 1.82) is 0 Å². The number of pyridine rings is 2. The summed E-state index contributed by atoms with van der Waals surface area (Å²) >= 11 is 0. The standard InChI is InChI=1S/C40H31N5O/c1-40(2,3)30-17-19-41-38(24-30)45-37-25-31(15-16-33(37)34-13-9-18-42-39(34)45)46-32-21-28(26-10-5-4-6-11-26)20-29(22-32)36-23-27-12-7-8-14-35(27)43-44-36/h4-25H,1-3H3. The van der Waals surface area contributed by atoms with Gasteiger partial charge in [0.05, 0.1) is 16.7 Å². The van der Waals surface area contributed by atoms with Crippen LogP contribution in [0.5, 0.6) is 11.5 Å². The number of hydrogen-bond donors (Lipinski definition) is 0. The highest BCUT2D eigenvalue weighted by Crippen LogP contribution is 2.37. The number of nitrogens with zero attached hydrogens (tertiary/aromatic N) is 5. The third-order valence-corrected chi connectivity index (χ3v) is 8.38. The minimum atomic E-state index is -0.0188. The third kappa shape index (κ3) is 5.04. The number of hydrogen-bond acceptors (Lipinski definition) is 5. The minimum absolute atomic E-state index is 0.0188. The lowest BCUT2D eigenvalue weighted by atomic mass is 9.88. The summed E-state index contributed by atoms with van der Waals surface area (Å²) in [5.41, 5.74) is 7.72. The largest absolute Gasteiger partial charge is 0.457 e. The summed E-state index contributed by atoms with van der Waals surface area (Å²) < 4.78 is 8.79. The topological polar surface area (TPSA) is 65.7 Å². The van der Waals surface area contributed by atoms with Crippen molar-refractivity contribution in [3.05, 3.63) is 139 Å². The molecule has 8 rings (SSSR count). The van der Waals surface area contributed by atoms with Gasteiger partial charge in [0.1, 0.15) is 23.0 Å². The molecule has 0 unspecified atom stereocenters. The molecule has 0 bridgehead atoms. The van der Waals surface area contributed by atoms with E-state index in [4.69, 9.17) is 14.7 Å². The normalized spacial score (nSPS) is 11.8. The van der Waals surface area contributed by atoms with Crippen LogP contribution in [0.2, 0.25) is 0 Å². The highest BCUT2D eigenvalue weighted by Gasteiger charge is 2.19. The third-order valence-electron chi connectivity index (χ3n) is 8.38. The Kier molecular flexibility index (Phi) is 6.57. The van der Waals surface area contributed by atoms with Gasteiger partial charge in [0.25, 0.3) is 0 Å². The maximum Gasteiger partial charge on any atom is 0.146 e. The van der Waals surface area contributed by atoms with Crippen molar-refractivity contribution in [2.24, 2.45) is 0 Å². The molecule has 0 amide bonds. The monoisotopic (exact) mass is 597 g/mol. The van der Waals surface area contributed by atoms with E-state index in [1.54, 1.807) is 0 Å². The molecular weight excluding hydrogens is 566 g/mol. The second-order valence-electron chi connectivity index (χ2n) is 12.5. The van der Waals surface area contributed by atoms with Gasteiger partial charge in [-0.05, 0) is 88.8 Å². The van der Waals surface area contributed by atoms with Crippen molar-refractivity contribution in [3.8, 4) is 39.7 Å². The van der Waals surface area contributed by atoms with Gasteiger partial charge >= 0.3 is 0 Å². The fourth-order valence-electron chi connectivity index (χ4n) is 5.99. The molecule has 0 spiro atoms. The van der Waals surface area contributed by atoms with Gasteiger partial charge in [-0.25, -0.2) is 9.97 Å². The lowest BCUT2D eigenvalue weighted by Crippen LogP contribution is -2.12. The minimum Gasteiger partial charge on any atom is -0.457 e. The Bertz CT molecular complexity index is 2390. The van der Waals surface area contributed by atoms with Crippen LogP contribution < -0.4 is 4.74 Å². The Morgan fingerprint density at radius 2 is 1.41 bits per heavy atom. The van der Waals surface area contributed by atoms with Crippen LogP contribution in [-0.2, 0) is 5.41 Å². The van der Waals surface area contributed by atoms with Crippen LogP contribution in [0.3, 0.4) is 0 Å². The van der Waals surface area contributed by atoms with Gasteiger partial charge in [0, 0.05) is 40.2 Å². The number of fused-ring (bicyclic) bond motifs is 4. The Hall–Kier alpha value is -5.88. The molecule has 222 valence electrons. The molecule has 0 saturated heterocycles. The Labute approximate surface area is 267 Å².